The van der Waals surface area contributed by atoms with Gasteiger partial charge < -0.3 is 14.5 Å². The number of hydrogen-bond acceptors (Lipinski definition) is 5. The summed E-state index contributed by atoms with van der Waals surface area (Å²) in [6.07, 6.45) is -0.483. The molecule has 1 fully saturated rings. The molecule has 36 heavy (non-hydrogen) atoms. The average Bonchev–Trinajstić information content (AvgIpc) is 2.73. The molecule has 1 aliphatic heterocycles. The van der Waals surface area contributed by atoms with E-state index in [2.05, 4.69) is 9.38 Å². The van der Waals surface area contributed by atoms with E-state index < -0.39 is 33.8 Å². The minimum absolute atomic E-state index is 0.0368. The second kappa shape index (κ2) is 10.5. The Morgan fingerprint density at radius 1 is 1.17 bits per heavy atom. The second-order valence-electron chi connectivity index (χ2n) is 9.55. The number of halogens is 3. The molecule has 3 rings (SSSR count). The predicted octanol–water partition coefficient (Wildman–Crippen LogP) is 4.47. The Kier molecular flexibility index (Phi) is 8.19. The number of benzene rings is 1. The van der Waals surface area contributed by atoms with Crippen LogP contribution >= 0.6 is 23.2 Å². The molecule has 2 heterocycles. The Morgan fingerprint density at radius 2 is 1.75 bits per heavy atom. The molecule has 1 aromatic carbocycles. The van der Waals surface area contributed by atoms with Crippen LogP contribution in [0.4, 0.5) is 9.18 Å². The summed E-state index contributed by atoms with van der Waals surface area (Å²) in [6, 6.07) is 6.50. The number of carbonyl (C=O) groups excluding carboxylic acids is 1. The van der Waals surface area contributed by atoms with Gasteiger partial charge in [0.1, 0.15) is 16.6 Å². The van der Waals surface area contributed by atoms with E-state index in [-0.39, 0.29) is 52.0 Å². The number of amides is 1. The van der Waals surface area contributed by atoms with E-state index in [9.17, 15) is 17.6 Å². The van der Waals surface area contributed by atoms with Gasteiger partial charge in [0, 0.05) is 30.7 Å². The summed E-state index contributed by atoms with van der Waals surface area (Å²) in [6.45, 7) is 9.31. The normalized spacial score (nSPS) is 19.4. The minimum Gasteiger partial charge on any atom is -0.444 e. The molecule has 0 unspecified atom stereocenters. The molecule has 2 aromatic rings. The van der Waals surface area contributed by atoms with Crippen molar-refractivity contribution in [2.45, 2.75) is 52.3 Å². The van der Waals surface area contributed by atoms with E-state index in [1.54, 1.807) is 50.5 Å². The maximum Gasteiger partial charge on any atom is 0.410 e. The number of ether oxygens (including phenoxy) is 1. The largest absolute Gasteiger partial charge is 0.444 e. The molecule has 1 amide bonds. The van der Waals surface area contributed by atoms with Crippen molar-refractivity contribution < 1.29 is 22.3 Å². The number of pyridine rings is 1. The Balaban J connectivity index is 2.03. The van der Waals surface area contributed by atoms with Crippen molar-refractivity contribution >= 4 is 45.3 Å². The molecule has 0 radical (unpaired) electrons. The molecule has 0 aliphatic carbocycles. The van der Waals surface area contributed by atoms with E-state index in [4.69, 9.17) is 33.1 Å². The number of amidine groups is 1. The summed E-state index contributed by atoms with van der Waals surface area (Å²) in [5.41, 5.74) is -0.350. The molecule has 2 N–H and O–H groups in total. The third-order valence-corrected chi connectivity index (χ3v) is 6.40. The van der Waals surface area contributed by atoms with Crippen molar-refractivity contribution in [1.82, 2.24) is 14.8 Å². The second-order valence-corrected chi connectivity index (χ2v) is 11.5. The van der Waals surface area contributed by atoms with Gasteiger partial charge in [-0.25, -0.2) is 19.3 Å². The zero-order chi connectivity index (χ0) is 27.0. The molecule has 1 aromatic heterocycles. The van der Waals surface area contributed by atoms with Crippen LogP contribution in [-0.2, 0) is 14.9 Å². The van der Waals surface area contributed by atoms with E-state index >= 15 is 0 Å². The van der Waals surface area contributed by atoms with Gasteiger partial charge >= 0.3 is 16.3 Å². The number of carbonyl (C=O) groups is 1. The van der Waals surface area contributed by atoms with Crippen molar-refractivity contribution in [3.63, 3.8) is 0 Å². The SMILES string of the molecule is C[C@@H]1CN(C(=NS(N)(=O)=O)c2cc(Cl)c(-c3ccccc3F)nc2Cl)[C@@H](C)CN1C(=O)OC(C)(C)C. The number of nitrogens with two attached hydrogens (primary N) is 1. The van der Waals surface area contributed by atoms with E-state index in [0.29, 0.717) is 0 Å². The van der Waals surface area contributed by atoms with Crippen LogP contribution < -0.4 is 5.14 Å². The number of aromatic nitrogens is 1. The van der Waals surface area contributed by atoms with Crippen LogP contribution in [0.1, 0.15) is 40.2 Å². The highest BCUT2D eigenvalue weighted by molar-refractivity contribution is 7.88. The van der Waals surface area contributed by atoms with Crippen molar-refractivity contribution in [1.29, 1.82) is 0 Å². The summed E-state index contributed by atoms with van der Waals surface area (Å²) >= 11 is 12.9. The standard InChI is InChI=1S/C23H28Cl2FN5O4S/c1-13-12-31(22(32)35-23(3,4)5)14(2)11-30(13)21(29-36(27,33)34)16-10-17(24)19(28-20(16)25)15-8-6-7-9-18(15)26/h6-10,13-14H,11-12H2,1-5H3,(H2,27,33,34)/t13-,14+/m0/s1. The summed E-state index contributed by atoms with van der Waals surface area (Å²) in [5.74, 6) is -0.630. The van der Waals surface area contributed by atoms with E-state index in [0.717, 1.165) is 0 Å². The Labute approximate surface area is 220 Å². The fraction of sp³-hybridized carbons (Fsp3) is 0.435. The Hall–Kier alpha value is -2.47. The molecule has 196 valence electrons. The third-order valence-electron chi connectivity index (χ3n) is 5.40. The zero-order valence-electron chi connectivity index (χ0n) is 20.5. The topological polar surface area (TPSA) is 118 Å². The molecule has 1 aliphatic rings. The lowest BCUT2D eigenvalue weighted by molar-refractivity contribution is 0.000514. The van der Waals surface area contributed by atoms with E-state index in [1.165, 1.54) is 24.3 Å². The van der Waals surface area contributed by atoms with Crippen LogP contribution in [0.3, 0.4) is 0 Å². The lowest BCUT2D eigenvalue weighted by Gasteiger charge is -2.45. The van der Waals surface area contributed by atoms with E-state index in [1.807, 2.05) is 0 Å². The zero-order valence-corrected chi connectivity index (χ0v) is 22.8. The first kappa shape index (κ1) is 28.1. The smallest absolute Gasteiger partial charge is 0.410 e. The fourth-order valence-electron chi connectivity index (χ4n) is 3.84. The molecule has 9 nitrogen and oxygen atoms in total. The minimum atomic E-state index is -4.36. The van der Waals surface area contributed by atoms with Crippen molar-refractivity contribution in [3.8, 4) is 11.3 Å². The molecular weight excluding hydrogens is 532 g/mol. The highest BCUT2D eigenvalue weighted by Crippen LogP contribution is 2.33. The van der Waals surface area contributed by atoms with Crippen LogP contribution in [0.15, 0.2) is 34.7 Å². The predicted molar refractivity (Wildman–Crippen MR) is 138 cm³/mol. The fourth-order valence-corrected chi connectivity index (χ4v) is 4.76. The number of nitrogens with zero attached hydrogens (tertiary/aromatic N) is 4. The number of rotatable bonds is 3. The quantitative estimate of drug-likeness (QED) is 0.336. The molecule has 2 atom stereocenters. The lowest BCUT2D eigenvalue weighted by atomic mass is 10.1. The Morgan fingerprint density at radius 3 is 2.33 bits per heavy atom. The van der Waals surface area contributed by atoms with Gasteiger partial charge in [0.05, 0.1) is 16.3 Å². The van der Waals surface area contributed by atoms with Gasteiger partial charge in [-0.1, -0.05) is 35.3 Å². The van der Waals surface area contributed by atoms with Gasteiger partial charge in [-0.15, -0.1) is 4.40 Å². The summed E-state index contributed by atoms with van der Waals surface area (Å²) < 4.78 is 47.7. The van der Waals surface area contributed by atoms with Gasteiger partial charge in [-0.3, -0.25) is 0 Å². The van der Waals surface area contributed by atoms with Crippen LogP contribution in [0, 0.1) is 5.82 Å². The molecule has 13 heteroatoms. The average molecular weight is 560 g/mol. The monoisotopic (exact) mass is 559 g/mol. The summed E-state index contributed by atoms with van der Waals surface area (Å²) in [5, 5.41) is 5.15. The van der Waals surface area contributed by atoms with Crippen molar-refractivity contribution in [2.24, 2.45) is 9.54 Å². The van der Waals surface area contributed by atoms with Gasteiger partial charge in [-0.2, -0.15) is 8.42 Å². The Bertz CT molecular complexity index is 1300. The number of hydrogen-bond donors (Lipinski definition) is 1. The molecule has 0 spiro atoms. The molecule has 1 saturated heterocycles. The highest BCUT2D eigenvalue weighted by Gasteiger charge is 2.37. The van der Waals surface area contributed by atoms with Gasteiger partial charge in [0.25, 0.3) is 0 Å². The molecule has 0 bridgehead atoms. The first-order valence-electron chi connectivity index (χ1n) is 11.1. The van der Waals surface area contributed by atoms with Crippen molar-refractivity contribution in [3.05, 3.63) is 51.9 Å². The number of piperazine rings is 1. The van der Waals surface area contributed by atoms with Crippen LogP contribution in [0.5, 0.6) is 0 Å². The molecular formula is C23H28Cl2FN5O4S. The maximum atomic E-state index is 14.3. The third kappa shape index (κ3) is 6.64. The lowest BCUT2D eigenvalue weighted by Crippen LogP contribution is -2.60. The van der Waals surface area contributed by atoms with Gasteiger partial charge in [0.2, 0.25) is 0 Å². The first-order valence-corrected chi connectivity index (χ1v) is 13.3. The summed E-state index contributed by atoms with van der Waals surface area (Å²) in [7, 11) is -4.36. The van der Waals surface area contributed by atoms with Gasteiger partial charge in [0.15, 0.2) is 5.84 Å². The van der Waals surface area contributed by atoms with Crippen LogP contribution in [-0.4, -0.2) is 65.9 Å². The van der Waals surface area contributed by atoms with Crippen LogP contribution in [0.25, 0.3) is 11.3 Å². The van der Waals surface area contributed by atoms with Crippen LogP contribution in [0.2, 0.25) is 10.2 Å². The van der Waals surface area contributed by atoms with Crippen molar-refractivity contribution in [2.75, 3.05) is 13.1 Å². The summed E-state index contributed by atoms with van der Waals surface area (Å²) in [4.78, 5) is 20.2. The van der Waals surface area contributed by atoms with Gasteiger partial charge in [-0.05, 0) is 52.8 Å². The first-order chi connectivity index (χ1) is 16.6. The molecule has 0 saturated carbocycles. The highest BCUT2D eigenvalue weighted by atomic mass is 35.5. The maximum absolute atomic E-state index is 14.3.